The summed E-state index contributed by atoms with van der Waals surface area (Å²) in [4.78, 5) is 23.6. The maximum atomic E-state index is 11.8. The second-order valence-corrected chi connectivity index (χ2v) is 4.73. The van der Waals surface area contributed by atoms with Crippen LogP contribution in [0.1, 0.15) is 21.5 Å². The van der Waals surface area contributed by atoms with Gasteiger partial charge in [-0.2, -0.15) is 0 Å². The number of ketones is 1. The molecule has 0 atom stereocenters. The lowest BCUT2D eigenvalue weighted by molar-refractivity contribution is -0.120. The van der Waals surface area contributed by atoms with Crippen LogP contribution in [0.15, 0.2) is 54.6 Å². The average molecular weight is 267 g/mol. The van der Waals surface area contributed by atoms with E-state index in [1.165, 1.54) is 0 Å². The number of carbonyl (C=O) groups is 2. The van der Waals surface area contributed by atoms with Gasteiger partial charge in [0.1, 0.15) is 0 Å². The Morgan fingerprint density at radius 2 is 1.75 bits per heavy atom. The van der Waals surface area contributed by atoms with E-state index in [0.29, 0.717) is 12.0 Å². The monoisotopic (exact) mass is 267 g/mol. The van der Waals surface area contributed by atoms with Crippen molar-refractivity contribution >= 4 is 11.7 Å². The number of hydrogen-bond donors (Lipinski definition) is 1. The first-order chi connectivity index (χ1) is 9.65. The minimum atomic E-state index is -0.139. The molecular formula is C17H17NO2. The molecule has 102 valence electrons. The van der Waals surface area contributed by atoms with Crippen LogP contribution in [0.2, 0.25) is 0 Å². The highest BCUT2D eigenvalue weighted by atomic mass is 16.2. The van der Waals surface area contributed by atoms with Crippen molar-refractivity contribution in [2.24, 2.45) is 0 Å². The van der Waals surface area contributed by atoms with Gasteiger partial charge >= 0.3 is 0 Å². The Bertz CT molecular complexity index is 605. The molecule has 0 fully saturated rings. The average Bonchev–Trinajstić information content (AvgIpc) is 2.46. The first-order valence-corrected chi connectivity index (χ1v) is 6.55. The Balaban J connectivity index is 1.85. The highest BCUT2D eigenvalue weighted by Crippen LogP contribution is 2.04. The predicted octanol–water partition coefficient (Wildman–Crippen LogP) is 2.54. The number of amides is 1. The molecule has 0 bridgehead atoms. The topological polar surface area (TPSA) is 46.2 Å². The quantitative estimate of drug-likeness (QED) is 0.846. The van der Waals surface area contributed by atoms with Crippen molar-refractivity contribution in [1.29, 1.82) is 0 Å². The molecule has 2 rings (SSSR count). The number of benzene rings is 2. The first kappa shape index (κ1) is 14.0. The Morgan fingerprint density at radius 1 is 1.00 bits per heavy atom. The van der Waals surface area contributed by atoms with Gasteiger partial charge in [0.25, 0.3) is 0 Å². The number of carbonyl (C=O) groups excluding carboxylic acids is 2. The second kappa shape index (κ2) is 6.66. The molecule has 3 nitrogen and oxygen atoms in total. The molecular weight excluding hydrogens is 250 g/mol. The van der Waals surface area contributed by atoms with Crippen molar-refractivity contribution in [3.8, 4) is 0 Å². The van der Waals surface area contributed by atoms with Gasteiger partial charge in [0, 0.05) is 5.56 Å². The third kappa shape index (κ3) is 4.05. The molecule has 3 heteroatoms. The Labute approximate surface area is 118 Å². The fourth-order valence-corrected chi connectivity index (χ4v) is 1.97. The highest BCUT2D eigenvalue weighted by molar-refractivity contribution is 5.99. The lowest BCUT2D eigenvalue weighted by Crippen LogP contribution is -2.30. The maximum Gasteiger partial charge on any atom is 0.224 e. The molecule has 0 aliphatic heterocycles. The normalized spacial score (nSPS) is 10.1. The fraction of sp³-hybridized carbons (Fsp3) is 0.176. The number of nitrogens with one attached hydrogen (secondary N) is 1. The molecule has 0 radical (unpaired) electrons. The third-order valence-electron chi connectivity index (χ3n) is 2.99. The zero-order valence-electron chi connectivity index (χ0n) is 11.4. The molecule has 0 spiro atoms. The molecule has 0 aliphatic rings. The van der Waals surface area contributed by atoms with E-state index in [1.807, 2.05) is 49.4 Å². The summed E-state index contributed by atoms with van der Waals surface area (Å²) in [7, 11) is 0. The Morgan fingerprint density at radius 3 is 2.45 bits per heavy atom. The van der Waals surface area contributed by atoms with Crippen molar-refractivity contribution in [1.82, 2.24) is 5.32 Å². The molecule has 0 saturated heterocycles. The standard InChI is InChI=1S/C17H17NO2/c1-13-6-5-7-14(10-13)11-17(20)18-12-16(19)15-8-3-2-4-9-15/h2-10H,11-12H2,1H3,(H,18,20). The van der Waals surface area contributed by atoms with Crippen LogP contribution in [0.25, 0.3) is 0 Å². The van der Waals surface area contributed by atoms with Gasteiger partial charge in [0.05, 0.1) is 13.0 Å². The van der Waals surface area contributed by atoms with E-state index in [0.717, 1.165) is 11.1 Å². The van der Waals surface area contributed by atoms with Gasteiger partial charge < -0.3 is 5.32 Å². The Hall–Kier alpha value is -2.42. The summed E-state index contributed by atoms with van der Waals surface area (Å²) in [5, 5.41) is 2.66. The van der Waals surface area contributed by atoms with E-state index in [4.69, 9.17) is 0 Å². The van der Waals surface area contributed by atoms with E-state index in [-0.39, 0.29) is 18.2 Å². The number of Topliss-reactive ketones (excluding diaryl/α,β-unsaturated/α-hetero) is 1. The second-order valence-electron chi connectivity index (χ2n) is 4.73. The van der Waals surface area contributed by atoms with Crippen LogP contribution in [-0.2, 0) is 11.2 Å². The van der Waals surface area contributed by atoms with Crippen molar-refractivity contribution in [3.05, 3.63) is 71.3 Å². The van der Waals surface area contributed by atoms with Crippen molar-refractivity contribution < 1.29 is 9.59 Å². The van der Waals surface area contributed by atoms with Crippen LogP contribution in [0, 0.1) is 6.92 Å². The summed E-state index contributed by atoms with van der Waals surface area (Å²) < 4.78 is 0. The molecule has 1 amide bonds. The van der Waals surface area contributed by atoms with Gasteiger partial charge in [-0.15, -0.1) is 0 Å². The zero-order chi connectivity index (χ0) is 14.4. The summed E-state index contributed by atoms with van der Waals surface area (Å²) in [5.74, 6) is -0.219. The smallest absolute Gasteiger partial charge is 0.224 e. The largest absolute Gasteiger partial charge is 0.348 e. The summed E-state index contributed by atoms with van der Waals surface area (Å²) in [5.41, 5.74) is 2.69. The summed E-state index contributed by atoms with van der Waals surface area (Å²) >= 11 is 0. The molecule has 0 unspecified atom stereocenters. The molecule has 0 aromatic heterocycles. The van der Waals surface area contributed by atoms with Crippen LogP contribution in [0.4, 0.5) is 0 Å². The predicted molar refractivity (Wildman–Crippen MR) is 78.7 cm³/mol. The van der Waals surface area contributed by atoms with Crippen LogP contribution in [0.3, 0.4) is 0 Å². The summed E-state index contributed by atoms with van der Waals surface area (Å²) in [6.45, 7) is 2.02. The first-order valence-electron chi connectivity index (χ1n) is 6.55. The van der Waals surface area contributed by atoms with Crippen LogP contribution in [0.5, 0.6) is 0 Å². The summed E-state index contributed by atoms with van der Waals surface area (Å²) in [6.07, 6.45) is 0.295. The number of hydrogen-bond acceptors (Lipinski definition) is 2. The summed E-state index contributed by atoms with van der Waals surface area (Å²) in [6, 6.07) is 16.7. The highest BCUT2D eigenvalue weighted by Gasteiger charge is 2.08. The van der Waals surface area contributed by atoms with E-state index in [9.17, 15) is 9.59 Å². The van der Waals surface area contributed by atoms with E-state index >= 15 is 0 Å². The molecule has 2 aromatic rings. The molecule has 0 saturated carbocycles. The van der Waals surface area contributed by atoms with Gasteiger partial charge in [0.2, 0.25) is 5.91 Å². The van der Waals surface area contributed by atoms with Crippen molar-refractivity contribution in [2.45, 2.75) is 13.3 Å². The van der Waals surface area contributed by atoms with E-state index < -0.39 is 0 Å². The lowest BCUT2D eigenvalue weighted by atomic mass is 10.1. The Kier molecular flexibility index (Phi) is 4.66. The zero-order valence-corrected chi connectivity index (χ0v) is 11.4. The molecule has 1 N–H and O–H groups in total. The van der Waals surface area contributed by atoms with Gasteiger partial charge in [-0.3, -0.25) is 9.59 Å². The minimum absolute atomic E-state index is 0.0364. The molecule has 0 aliphatic carbocycles. The van der Waals surface area contributed by atoms with Gasteiger partial charge in [-0.1, -0.05) is 60.2 Å². The van der Waals surface area contributed by atoms with E-state index in [1.54, 1.807) is 12.1 Å². The van der Waals surface area contributed by atoms with Crippen molar-refractivity contribution in [3.63, 3.8) is 0 Å². The van der Waals surface area contributed by atoms with Crippen LogP contribution < -0.4 is 5.32 Å². The lowest BCUT2D eigenvalue weighted by Gasteiger charge is -2.05. The SMILES string of the molecule is Cc1cccc(CC(=O)NCC(=O)c2ccccc2)c1. The van der Waals surface area contributed by atoms with Gasteiger partial charge in [-0.25, -0.2) is 0 Å². The molecule has 20 heavy (non-hydrogen) atoms. The minimum Gasteiger partial charge on any atom is -0.348 e. The van der Waals surface area contributed by atoms with Gasteiger partial charge in [-0.05, 0) is 12.5 Å². The van der Waals surface area contributed by atoms with Crippen molar-refractivity contribution in [2.75, 3.05) is 6.54 Å². The van der Waals surface area contributed by atoms with Crippen LogP contribution >= 0.6 is 0 Å². The molecule has 2 aromatic carbocycles. The third-order valence-corrected chi connectivity index (χ3v) is 2.99. The number of rotatable bonds is 5. The number of aryl methyl sites for hydroxylation is 1. The molecule has 0 heterocycles. The van der Waals surface area contributed by atoms with Gasteiger partial charge in [0.15, 0.2) is 5.78 Å². The van der Waals surface area contributed by atoms with Crippen LogP contribution in [-0.4, -0.2) is 18.2 Å². The fourth-order valence-electron chi connectivity index (χ4n) is 1.97. The van der Waals surface area contributed by atoms with E-state index in [2.05, 4.69) is 5.32 Å². The maximum absolute atomic E-state index is 11.8.